The number of aromatic nitrogens is 1. The van der Waals surface area contributed by atoms with Crippen molar-refractivity contribution in [1.29, 1.82) is 0 Å². The predicted molar refractivity (Wildman–Crippen MR) is 92.0 cm³/mol. The Balaban J connectivity index is 3.08. The van der Waals surface area contributed by atoms with Gasteiger partial charge in [-0.15, -0.1) is 11.3 Å². The van der Waals surface area contributed by atoms with Crippen molar-refractivity contribution >= 4 is 11.3 Å². The van der Waals surface area contributed by atoms with Crippen molar-refractivity contribution in [1.82, 2.24) is 10.3 Å². The van der Waals surface area contributed by atoms with Gasteiger partial charge in [-0.3, -0.25) is 0 Å². The second kappa shape index (κ2) is 8.86. The standard InChI is InChI=1S/C17H32N2OS/c1-7-11-14-15(12-18-13(5)6)21-16(19-14)17(8-2,9-3)20-10-4/h13,18H,7-12H2,1-6H3. The van der Waals surface area contributed by atoms with Gasteiger partial charge in [0.1, 0.15) is 10.6 Å². The summed E-state index contributed by atoms with van der Waals surface area (Å²) in [6, 6.07) is 0.499. The number of nitrogens with zero attached hydrogens (tertiary/aromatic N) is 1. The SMILES string of the molecule is CCCc1nc(C(CC)(CC)OCC)sc1CNC(C)C. The summed E-state index contributed by atoms with van der Waals surface area (Å²) in [5, 5.41) is 4.69. The third-order valence-corrected chi connectivity index (χ3v) is 5.17. The highest BCUT2D eigenvalue weighted by atomic mass is 32.1. The van der Waals surface area contributed by atoms with E-state index < -0.39 is 0 Å². The van der Waals surface area contributed by atoms with Gasteiger partial charge in [-0.2, -0.15) is 0 Å². The van der Waals surface area contributed by atoms with Crippen LogP contribution in [-0.2, 0) is 23.3 Å². The van der Waals surface area contributed by atoms with Crippen molar-refractivity contribution in [3.8, 4) is 0 Å². The van der Waals surface area contributed by atoms with E-state index in [1.165, 1.54) is 15.6 Å². The minimum Gasteiger partial charge on any atom is -0.368 e. The van der Waals surface area contributed by atoms with Crippen LogP contribution in [0.5, 0.6) is 0 Å². The molecule has 0 fully saturated rings. The van der Waals surface area contributed by atoms with Gasteiger partial charge in [-0.25, -0.2) is 4.98 Å². The lowest BCUT2D eigenvalue weighted by Gasteiger charge is -2.29. The van der Waals surface area contributed by atoms with Gasteiger partial charge in [0.15, 0.2) is 0 Å². The molecule has 0 aliphatic heterocycles. The van der Waals surface area contributed by atoms with Gasteiger partial charge >= 0.3 is 0 Å². The monoisotopic (exact) mass is 312 g/mol. The Bertz CT molecular complexity index is 411. The highest BCUT2D eigenvalue weighted by Gasteiger charge is 2.33. The second-order valence-corrected chi connectivity index (χ2v) is 6.89. The molecule has 3 nitrogen and oxygen atoms in total. The molecule has 0 amide bonds. The van der Waals surface area contributed by atoms with Gasteiger partial charge < -0.3 is 10.1 Å². The fourth-order valence-electron chi connectivity index (χ4n) is 2.54. The molecule has 0 saturated heterocycles. The zero-order chi connectivity index (χ0) is 15.9. The molecule has 0 aromatic carbocycles. The molecule has 0 saturated carbocycles. The van der Waals surface area contributed by atoms with Crippen LogP contribution in [0.2, 0.25) is 0 Å². The summed E-state index contributed by atoms with van der Waals surface area (Å²) in [4.78, 5) is 6.35. The van der Waals surface area contributed by atoms with E-state index in [1.54, 1.807) is 0 Å². The van der Waals surface area contributed by atoms with E-state index >= 15 is 0 Å². The third-order valence-electron chi connectivity index (χ3n) is 3.89. The summed E-state index contributed by atoms with van der Waals surface area (Å²) in [5.41, 5.74) is 1.06. The first kappa shape index (κ1) is 18.6. The van der Waals surface area contributed by atoms with E-state index in [9.17, 15) is 0 Å². The molecule has 1 heterocycles. The Morgan fingerprint density at radius 3 is 2.33 bits per heavy atom. The van der Waals surface area contributed by atoms with E-state index in [0.29, 0.717) is 6.04 Å². The summed E-state index contributed by atoms with van der Waals surface area (Å²) in [6.07, 6.45) is 4.15. The van der Waals surface area contributed by atoms with Gasteiger partial charge in [-0.1, -0.05) is 41.0 Å². The highest BCUT2D eigenvalue weighted by molar-refractivity contribution is 7.11. The molecule has 1 rings (SSSR count). The van der Waals surface area contributed by atoms with E-state index in [2.05, 4.69) is 46.9 Å². The van der Waals surface area contributed by atoms with Crippen molar-refractivity contribution < 1.29 is 4.74 Å². The van der Waals surface area contributed by atoms with E-state index in [0.717, 1.165) is 38.8 Å². The minimum absolute atomic E-state index is 0.196. The van der Waals surface area contributed by atoms with Gasteiger partial charge in [0.2, 0.25) is 0 Å². The van der Waals surface area contributed by atoms with Crippen LogP contribution in [0, 0.1) is 0 Å². The quantitative estimate of drug-likeness (QED) is 0.683. The molecule has 0 aliphatic rings. The lowest BCUT2D eigenvalue weighted by atomic mass is 9.98. The van der Waals surface area contributed by atoms with Crippen LogP contribution < -0.4 is 5.32 Å². The molecule has 1 aromatic rings. The van der Waals surface area contributed by atoms with E-state index in [-0.39, 0.29) is 5.60 Å². The Morgan fingerprint density at radius 2 is 1.86 bits per heavy atom. The highest BCUT2D eigenvalue weighted by Crippen LogP contribution is 2.37. The molecule has 0 radical (unpaired) electrons. The fourth-order valence-corrected chi connectivity index (χ4v) is 3.88. The van der Waals surface area contributed by atoms with Gasteiger partial charge in [0.25, 0.3) is 0 Å². The Kier molecular flexibility index (Phi) is 7.85. The van der Waals surface area contributed by atoms with Crippen LogP contribution in [0.15, 0.2) is 0 Å². The lowest BCUT2D eigenvalue weighted by Crippen LogP contribution is -2.28. The molecule has 1 aromatic heterocycles. The summed E-state index contributed by atoms with van der Waals surface area (Å²) in [5.74, 6) is 0. The molecule has 1 N–H and O–H groups in total. The molecule has 122 valence electrons. The Morgan fingerprint density at radius 1 is 1.19 bits per heavy atom. The van der Waals surface area contributed by atoms with Crippen molar-refractivity contribution in [2.24, 2.45) is 0 Å². The molecule has 0 atom stereocenters. The number of hydrogen-bond acceptors (Lipinski definition) is 4. The molecule has 21 heavy (non-hydrogen) atoms. The van der Waals surface area contributed by atoms with Crippen LogP contribution in [-0.4, -0.2) is 17.6 Å². The first-order valence-electron chi connectivity index (χ1n) is 8.39. The maximum atomic E-state index is 6.11. The van der Waals surface area contributed by atoms with Crippen LogP contribution in [0.25, 0.3) is 0 Å². The fraction of sp³-hybridized carbons (Fsp3) is 0.824. The number of hydrogen-bond donors (Lipinski definition) is 1. The average molecular weight is 313 g/mol. The molecular formula is C17H32N2OS. The van der Waals surface area contributed by atoms with Crippen molar-refractivity contribution in [2.75, 3.05) is 6.61 Å². The van der Waals surface area contributed by atoms with E-state index in [1.807, 2.05) is 11.3 Å². The largest absolute Gasteiger partial charge is 0.368 e. The maximum Gasteiger partial charge on any atom is 0.125 e. The lowest BCUT2D eigenvalue weighted by molar-refractivity contribution is -0.0507. The summed E-state index contributed by atoms with van der Waals surface area (Å²) < 4.78 is 6.11. The first-order valence-corrected chi connectivity index (χ1v) is 9.20. The number of rotatable bonds is 10. The number of ether oxygens (including phenoxy) is 1. The zero-order valence-corrected chi connectivity index (χ0v) is 15.4. The van der Waals surface area contributed by atoms with Gasteiger partial charge in [-0.05, 0) is 26.2 Å². The van der Waals surface area contributed by atoms with Crippen LogP contribution >= 0.6 is 11.3 Å². The Hall–Kier alpha value is -0.450. The number of aryl methyl sites for hydroxylation is 1. The van der Waals surface area contributed by atoms with Crippen LogP contribution in [0.1, 0.15) is 76.4 Å². The first-order chi connectivity index (χ1) is 10.0. The normalized spacial score (nSPS) is 12.3. The number of thiazole rings is 1. The van der Waals surface area contributed by atoms with Crippen LogP contribution in [0.4, 0.5) is 0 Å². The van der Waals surface area contributed by atoms with Crippen molar-refractivity contribution in [2.45, 2.75) is 85.4 Å². The summed E-state index contributed by atoms with van der Waals surface area (Å²) >= 11 is 1.84. The smallest absolute Gasteiger partial charge is 0.125 e. The maximum absolute atomic E-state index is 6.11. The molecule has 0 aliphatic carbocycles. The molecule has 4 heteroatoms. The third kappa shape index (κ3) is 4.76. The van der Waals surface area contributed by atoms with E-state index in [4.69, 9.17) is 9.72 Å². The minimum atomic E-state index is -0.196. The number of nitrogens with one attached hydrogen (secondary N) is 1. The van der Waals surface area contributed by atoms with Crippen molar-refractivity contribution in [3.63, 3.8) is 0 Å². The summed E-state index contributed by atoms with van der Waals surface area (Å²) in [7, 11) is 0. The van der Waals surface area contributed by atoms with Crippen molar-refractivity contribution in [3.05, 3.63) is 15.6 Å². The molecular weight excluding hydrogens is 280 g/mol. The summed E-state index contributed by atoms with van der Waals surface area (Å²) in [6.45, 7) is 14.7. The zero-order valence-electron chi connectivity index (χ0n) is 14.6. The Labute approximate surface area is 134 Å². The molecule has 0 unspecified atom stereocenters. The second-order valence-electron chi connectivity index (χ2n) is 5.81. The average Bonchev–Trinajstić information content (AvgIpc) is 2.86. The van der Waals surface area contributed by atoms with Crippen LogP contribution in [0.3, 0.4) is 0 Å². The van der Waals surface area contributed by atoms with Gasteiger partial charge in [0.05, 0.1) is 5.69 Å². The molecule has 0 spiro atoms. The predicted octanol–water partition coefficient (Wildman–Crippen LogP) is 4.65. The van der Waals surface area contributed by atoms with Gasteiger partial charge in [0, 0.05) is 24.1 Å². The molecule has 0 bridgehead atoms. The topological polar surface area (TPSA) is 34.1 Å².